The predicted octanol–water partition coefficient (Wildman–Crippen LogP) is 7.02. The minimum atomic E-state index is -1.10. The first-order chi connectivity index (χ1) is 17.8. The van der Waals surface area contributed by atoms with Crippen LogP contribution < -0.4 is 26.4 Å². The lowest BCUT2D eigenvalue weighted by molar-refractivity contribution is 0.501. The van der Waals surface area contributed by atoms with E-state index in [1.165, 1.54) is 70.8 Å². The molecule has 1 fully saturated rings. The number of rotatable bonds is 9. The second-order valence-electron chi connectivity index (χ2n) is 9.51. The van der Waals surface area contributed by atoms with Crippen LogP contribution in [0.3, 0.4) is 0 Å². The summed E-state index contributed by atoms with van der Waals surface area (Å²) in [5, 5.41) is 7.43. The van der Waals surface area contributed by atoms with E-state index in [0.29, 0.717) is 5.54 Å². The minimum Gasteiger partial charge on any atom is -0.162 e. The Bertz CT molecular complexity index is 1160. The Hall–Kier alpha value is -1.75. The average Bonchev–Trinajstić information content (AvgIpc) is 2.97. The van der Waals surface area contributed by atoms with E-state index in [4.69, 9.17) is 11.1 Å². The summed E-state index contributed by atoms with van der Waals surface area (Å²) in [5.41, 5.74) is 0.699. The average molecular weight is 544 g/mol. The van der Waals surface area contributed by atoms with Gasteiger partial charge in [-0.2, -0.15) is 11.1 Å². The first kappa shape index (κ1) is 25.9. The van der Waals surface area contributed by atoms with Crippen LogP contribution in [0, 0.1) is 0 Å². The molecule has 0 saturated heterocycles. The van der Waals surface area contributed by atoms with Crippen molar-refractivity contribution in [2.45, 2.75) is 37.6 Å². The van der Waals surface area contributed by atoms with E-state index in [1.807, 2.05) is 0 Å². The van der Waals surface area contributed by atoms with Crippen molar-refractivity contribution in [1.82, 2.24) is 0 Å². The molecule has 4 aromatic rings. The third kappa shape index (κ3) is 6.38. The summed E-state index contributed by atoms with van der Waals surface area (Å²) in [6, 6.07) is 42.8. The zero-order chi connectivity index (χ0) is 24.6. The summed E-state index contributed by atoms with van der Waals surface area (Å²) in [7, 11) is -1.99. The van der Waals surface area contributed by atoms with Gasteiger partial charge in [0.25, 0.3) is 0 Å². The molecule has 0 bridgehead atoms. The zero-order valence-electron chi connectivity index (χ0n) is 20.8. The lowest BCUT2D eigenvalue weighted by Gasteiger charge is -2.29. The smallest absolute Gasteiger partial charge is 0.162 e. The van der Waals surface area contributed by atoms with Gasteiger partial charge in [0.2, 0.25) is 8.11 Å². The molecule has 0 amide bonds. The Morgan fingerprint density at radius 2 is 1.00 bits per heavy atom. The largest absolute Gasteiger partial charge is 0.203 e. The molecule has 4 heteroatoms. The van der Waals surface area contributed by atoms with Gasteiger partial charge in [-0.25, -0.2) is 0 Å². The molecule has 1 radical (unpaired) electrons. The monoisotopic (exact) mass is 543 g/mol. The van der Waals surface area contributed by atoms with Gasteiger partial charge in [0.1, 0.15) is 0 Å². The Labute approximate surface area is 226 Å². The quantitative estimate of drug-likeness (QED) is 0.121. The molecule has 1 saturated carbocycles. The van der Waals surface area contributed by atoms with Gasteiger partial charge >= 0.3 is 0 Å². The maximum absolute atomic E-state index is 7.39. The lowest BCUT2D eigenvalue weighted by Crippen LogP contribution is -2.41. The van der Waals surface area contributed by atoms with Gasteiger partial charge < -0.3 is 0 Å². The Morgan fingerprint density at radius 1 is 0.556 bits per heavy atom. The summed E-state index contributed by atoms with van der Waals surface area (Å²) in [6.07, 6.45) is 9.06. The fraction of sp³-hybridized carbons (Fsp3) is 0.250. The van der Waals surface area contributed by atoms with Gasteiger partial charge in [-0.1, -0.05) is 147 Å². The highest BCUT2D eigenvalue weighted by Gasteiger charge is 2.30. The molecule has 0 N–H and O–H groups in total. The molecule has 0 heterocycles. The van der Waals surface area contributed by atoms with Gasteiger partial charge in [0.15, 0.2) is 0 Å². The van der Waals surface area contributed by atoms with Gasteiger partial charge in [-0.3, -0.25) is 0 Å². The third-order valence-corrected chi connectivity index (χ3v) is 16.6. The third-order valence-electron chi connectivity index (χ3n) is 7.17. The van der Waals surface area contributed by atoms with Crippen molar-refractivity contribution in [3.05, 3.63) is 115 Å². The normalized spacial score (nSPS) is 15.3. The van der Waals surface area contributed by atoms with Crippen LogP contribution in [0.25, 0.3) is 0 Å². The fourth-order valence-corrected chi connectivity index (χ4v) is 14.8. The Kier molecular flexibility index (Phi) is 9.46. The molecule has 1 unspecified atom stereocenters. The van der Waals surface area contributed by atoms with Gasteiger partial charge in [-0.05, 0) is 60.1 Å². The van der Waals surface area contributed by atoms with E-state index in [0.717, 1.165) is 0 Å². The second-order valence-corrected chi connectivity index (χ2v) is 17.4. The fourth-order valence-electron chi connectivity index (χ4n) is 5.31. The van der Waals surface area contributed by atoms with E-state index < -0.39 is 23.9 Å². The number of hydrogen-bond donors (Lipinski definition) is 0. The molecule has 0 aromatic heterocycles. The Morgan fingerprint density at radius 3 is 1.56 bits per heavy atom. The van der Waals surface area contributed by atoms with Crippen LogP contribution in [0.1, 0.15) is 32.1 Å². The highest BCUT2D eigenvalue weighted by Crippen LogP contribution is 2.41. The summed E-state index contributed by atoms with van der Waals surface area (Å²) < 4.78 is 0. The SMILES string of the molecule is Cl[Si](c1ccccc1P(CCP(c1ccccc1)c1ccccc1)c1ccccc1)C1CCCCC1. The summed E-state index contributed by atoms with van der Waals surface area (Å²) in [5.74, 6) is 0. The molecule has 0 nitrogen and oxygen atoms in total. The topological polar surface area (TPSA) is 0 Å². The molecule has 1 aliphatic carbocycles. The van der Waals surface area contributed by atoms with Gasteiger partial charge in [0.05, 0.1) is 0 Å². The molecule has 4 aromatic carbocycles. The first-order valence-corrected chi connectivity index (χ1v) is 18.8. The van der Waals surface area contributed by atoms with E-state index in [1.54, 1.807) is 0 Å². The summed E-state index contributed by atoms with van der Waals surface area (Å²) in [6.45, 7) is 0. The number of halogens is 1. The summed E-state index contributed by atoms with van der Waals surface area (Å²) in [4.78, 5) is 0. The van der Waals surface area contributed by atoms with Crippen LogP contribution in [-0.2, 0) is 0 Å². The second kappa shape index (κ2) is 13.2. The van der Waals surface area contributed by atoms with Crippen molar-refractivity contribution in [2.24, 2.45) is 0 Å². The van der Waals surface area contributed by atoms with Crippen LogP contribution in [-0.4, -0.2) is 20.4 Å². The predicted molar refractivity (Wildman–Crippen MR) is 166 cm³/mol. The van der Waals surface area contributed by atoms with Crippen molar-refractivity contribution in [3.8, 4) is 0 Å². The van der Waals surface area contributed by atoms with Crippen molar-refractivity contribution in [3.63, 3.8) is 0 Å². The van der Waals surface area contributed by atoms with Crippen molar-refractivity contribution < 1.29 is 0 Å². The first-order valence-electron chi connectivity index (χ1n) is 13.1. The van der Waals surface area contributed by atoms with Crippen molar-refractivity contribution in [1.29, 1.82) is 0 Å². The number of benzene rings is 4. The molecule has 0 aliphatic heterocycles. The number of hydrogen-bond acceptors (Lipinski definition) is 0. The molecular formula is C32H34ClP2Si. The van der Waals surface area contributed by atoms with Crippen LogP contribution in [0.15, 0.2) is 115 Å². The van der Waals surface area contributed by atoms with E-state index in [-0.39, 0.29) is 0 Å². The van der Waals surface area contributed by atoms with E-state index in [2.05, 4.69) is 115 Å². The minimum absolute atomic E-state index is 0.410. The molecule has 0 spiro atoms. The van der Waals surface area contributed by atoms with E-state index >= 15 is 0 Å². The van der Waals surface area contributed by atoms with E-state index in [9.17, 15) is 0 Å². The molecule has 1 aliphatic rings. The summed E-state index contributed by atoms with van der Waals surface area (Å²) >= 11 is 7.39. The maximum Gasteiger partial charge on any atom is 0.203 e. The molecular weight excluding hydrogens is 510 g/mol. The molecule has 1 atom stereocenters. The van der Waals surface area contributed by atoms with Crippen LogP contribution >= 0.6 is 26.9 Å². The van der Waals surface area contributed by atoms with Crippen LogP contribution in [0.5, 0.6) is 0 Å². The zero-order valence-corrected chi connectivity index (χ0v) is 24.3. The van der Waals surface area contributed by atoms with Gasteiger partial charge in [0, 0.05) is 0 Å². The Balaban J connectivity index is 1.49. The highest BCUT2D eigenvalue weighted by atomic mass is 35.6. The van der Waals surface area contributed by atoms with Crippen molar-refractivity contribution in [2.75, 3.05) is 12.3 Å². The molecule has 5 rings (SSSR count). The molecule has 183 valence electrons. The molecule has 36 heavy (non-hydrogen) atoms. The van der Waals surface area contributed by atoms with Crippen LogP contribution in [0.2, 0.25) is 5.54 Å². The van der Waals surface area contributed by atoms with Gasteiger partial charge in [-0.15, -0.1) is 0 Å². The van der Waals surface area contributed by atoms with Crippen LogP contribution in [0.4, 0.5) is 0 Å². The van der Waals surface area contributed by atoms with Crippen molar-refractivity contribution >= 4 is 61.4 Å². The lowest BCUT2D eigenvalue weighted by atomic mass is 10.0. The highest BCUT2D eigenvalue weighted by molar-refractivity contribution is 7.77. The maximum atomic E-state index is 7.39. The standard InChI is InChI=1S/C32H34ClP2Si/c33-36(30-21-11-4-12-22-30)32-24-14-13-23-31(32)35(29-19-9-3-10-20-29)26-25-34(27-15-5-1-6-16-27)28-17-7-2-8-18-28/h1-3,5-10,13-20,23-24,30H,4,11-12,21-22,25-26H2.